The van der Waals surface area contributed by atoms with Crippen molar-refractivity contribution in [2.75, 3.05) is 13.7 Å². The number of β-amino-alcohol motifs (C(OH)–C–C–N with tert-alkyl or cyclic N) is 1. The molecule has 3 rings (SSSR count). The molecule has 1 aromatic carbocycles. The highest BCUT2D eigenvalue weighted by molar-refractivity contribution is 5.82. The summed E-state index contributed by atoms with van der Waals surface area (Å²) >= 11 is 0. The molecule has 1 aliphatic carbocycles. The van der Waals surface area contributed by atoms with Gasteiger partial charge in [-0.3, -0.25) is 4.79 Å². The Morgan fingerprint density at radius 2 is 1.31 bits per heavy atom. The lowest BCUT2D eigenvalue weighted by molar-refractivity contribution is -0.452. The first-order valence-corrected chi connectivity index (χ1v) is 8.68. The van der Waals surface area contributed by atoms with E-state index in [0.717, 1.165) is 7.11 Å². The topological polar surface area (TPSA) is 290 Å². The smallest absolute Gasteiger partial charge is 0.284 e. The average Bonchev–Trinajstić information content (AvgIpc) is 3.03. The van der Waals surface area contributed by atoms with Crippen molar-refractivity contribution in [3.63, 3.8) is 0 Å². The summed E-state index contributed by atoms with van der Waals surface area (Å²) in [6.07, 6.45) is -3.95. The van der Waals surface area contributed by atoms with Gasteiger partial charge in [-0.15, -0.1) is 0 Å². The van der Waals surface area contributed by atoms with Crippen LogP contribution < -0.4 is 14.8 Å². The van der Waals surface area contributed by atoms with Crippen LogP contribution in [-0.2, 0) is 10.4 Å². The van der Waals surface area contributed by atoms with Gasteiger partial charge in [0.25, 0.3) is 23.1 Å². The lowest BCUT2D eigenvalue weighted by atomic mass is 9.90. The fourth-order valence-corrected chi connectivity index (χ4v) is 3.66. The molecule has 16 nitrogen and oxygen atoms in total. The number of carbonyl (C=O) groups excluding carboxylic acids is 1. The summed E-state index contributed by atoms with van der Waals surface area (Å²) in [6, 6.07) is 0. The number of aromatic hydroxyl groups is 3. The summed E-state index contributed by atoms with van der Waals surface area (Å²) in [4.78, 5) is 11.5. The van der Waals surface area contributed by atoms with E-state index in [2.05, 4.69) is 5.32 Å². The molecule has 1 saturated carbocycles. The van der Waals surface area contributed by atoms with Crippen LogP contribution in [0.15, 0.2) is 0 Å². The molecule has 1 heterocycles. The molecule has 16 heteroatoms. The van der Waals surface area contributed by atoms with Crippen molar-refractivity contribution in [1.29, 1.82) is 0 Å². The van der Waals surface area contributed by atoms with Gasteiger partial charge >= 0.3 is 0 Å². The summed E-state index contributed by atoms with van der Waals surface area (Å²) in [5.74, 6) is -24.2. The van der Waals surface area contributed by atoms with Gasteiger partial charge in [-0.1, -0.05) is 0 Å². The summed E-state index contributed by atoms with van der Waals surface area (Å²) in [6.45, 7) is -0.581. The summed E-state index contributed by atoms with van der Waals surface area (Å²) < 4.78 is 9.56. The molecule has 1 amide bonds. The molecule has 2 fully saturated rings. The van der Waals surface area contributed by atoms with Gasteiger partial charge in [0, 0.05) is 0 Å². The van der Waals surface area contributed by atoms with Crippen LogP contribution in [0.2, 0.25) is 0 Å². The van der Waals surface area contributed by atoms with Gasteiger partial charge in [0.15, 0.2) is 11.5 Å². The highest BCUT2D eigenvalue weighted by Gasteiger charge is 2.85. The normalized spacial score (nSPS) is 27.9. The second-order valence-electron chi connectivity index (χ2n) is 7.56. The zero-order valence-electron chi connectivity index (χ0n) is 16.1. The molecule has 1 atom stereocenters. The van der Waals surface area contributed by atoms with Crippen molar-refractivity contribution < 1.29 is 75.5 Å². The molecule has 1 aliphatic heterocycles. The first kappa shape index (κ1) is 24.0. The molecule has 1 unspecified atom stereocenters. The van der Waals surface area contributed by atoms with E-state index in [1.807, 2.05) is 0 Å². The number of hydrogen-bond acceptors (Lipinski definition) is 15. The Kier molecular flexibility index (Phi) is 5.00. The zero-order valence-corrected chi connectivity index (χ0v) is 16.1. The van der Waals surface area contributed by atoms with E-state index in [0.29, 0.717) is 0 Å². The van der Waals surface area contributed by atoms with Crippen molar-refractivity contribution in [1.82, 2.24) is 5.32 Å². The maximum Gasteiger partial charge on any atom is 0.284 e. The van der Waals surface area contributed by atoms with Crippen LogP contribution in [-0.4, -0.2) is 110 Å². The third-order valence-electron chi connectivity index (χ3n) is 5.51. The van der Waals surface area contributed by atoms with Crippen molar-refractivity contribution in [2.24, 2.45) is 0 Å². The van der Waals surface area contributed by atoms with Crippen LogP contribution in [0, 0.1) is 0 Å². The molecule has 0 aromatic heterocycles. The van der Waals surface area contributed by atoms with Crippen LogP contribution in [0.4, 0.5) is 0 Å². The van der Waals surface area contributed by atoms with E-state index in [1.54, 1.807) is 0 Å². The van der Waals surface area contributed by atoms with E-state index in [-0.39, 0.29) is 0 Å². The number of ether oxygens (including phenoxy) is 2. The van der Waals surface area contributed by atoms with Gasteiger partial charge < -0.3 is 76.1 Å². The largest absolute Gasteiger partial charge is 0.504 e. The van der Waals surface area contributed by atoms with Gasteiger partial charge in [0.1, 0.15) is 5.60 Å². The lowest BCUT2D eigenvalue weighted by Gasteiger charge is -2.34. The minimum absolute atomic E-state index is 0.581. The average molecular weight is 467 g/mol. The monoisotopic (exact) mass is 467 g/mol. The predicted molar refractivity (Wildman–Crippen MR) is 92.6 cm³/mol. The Labute approximate surface area is 177 Å². The fraction of sp³-hybridized carbons (Fsp3) is 0.562. The first-order valence-electron chi connectivity index (χ1n) is 8.68. The highest BCUT2D eigenvalue weighted by Crippen LogP contribution is 2.58. The van der Waals surface area contributed by atoms with Gasteiger partial charge in [0.2, 0.25) is 29.3 Å². The van der Waals surface area contributed by atoms with Crippen LogP contribution >= 0.6 is 0 Å². The van der Waals surface area contributed by atoms with Crippen LogP contribution in [0.1, 0.15) is 12.0 Å². The number of phenols is 3. The number of amides is 1. The molecule has 180 valence electrons. The maximum absolute atomic E-state index is 11.5. The lowest BCUT2D eigenvalue weighted by Crippen LogP contribution is -2.66. The number of nitrogens with one attached hydrogen (secondary N) is 1. The molecule has 1 aromatic rings. The van der Waals surface area contributed by atoms with Gasteiger partial charge in [-0.05, 0) is 0 Å². The Bertz CT molecular complexity index is 945. The molecule has 2 aliphatic rings. The maximum atomic E-state index is 11.5. The van der Waals surface area contributed by atoms with E-state index >= 15 is 0 Å². The SMILES string of the molecule is COc1c(O)c(O)c(C2(O)CNC(=O)C2)c(O)c1OC1C(O)(O)C(O)(O)C(O)(O)C1(O)O. The third-order valence-corrected chi connectivity index (χ3v) is 5.51. The van der Waals surface area contributed by atoms with E-state index in [1.165, 1.54) is 0 Å². The Hall–Kier alpha value is -2.67. The molecule has 1 saturated heterocycles. The number of phenolic OH excluding ortho intramolecular Hbond substituents is 3. The minimum Gasteiger partial charge on any atom is -0.504 e. The van der Waals surface area contributed by atoms with E-state index in [4.69, 9.17) is 9.47 Å². The van der Waals surface area contributed by atoms with Gasteiger partial charge in [0.05, 0.1) is 25.6 Å². The Balaban J connectivity index is 2.24. The third kappa shape index (κ3) is 2.73. The number of aliphatic hydroxyl groups is 9. The van der Waals surface area contributed by atoms with Crippen molar-refractivity contribution in [3.8, 4) is 28.7 Å². The number of hydrogen-bond donors (Lipinski definition) is 13. The number of carbonyl (C=O) groups is 1. The van der Waals surface area contributed by atoms with Crippen LogP contribution in [0.5, 0.6) is 28.7 Å². The summed E-state index contributed by atoms with van der Waals surface area (Å²) in [7, 11) is 0.839. The minimum atomic E-state index is -4.46. The number of methoxy groups -OCH3 is 1. The fourth-order valence-electron chi connectivity index (χ4n) is 3.66. The molecular weight excluding hydrogens is 446 g/mol. The highest BCUT2D eigenvalue weighted by atomic mass is 16.7. The van der Waals surface area contributed by atoms with Crippen molar-refractivity contribution >= 4 is 5.91 Å². The van der Waals surface area contributed by atoms with Gasteiger partial charge in [-0.2, -0.15) is 0 Å². The summed E-state index contributed by atoms with van der Waals surface area (Å²) in [5.41, 5.74) is -3.30. The zero-order chi connectivity index (χ0) is 24.7. The second kappa shape index (κ2) is 6.67. The second-order valence-corrected chi connectivity index (χ2v) is 7.56. The molecular formula is C16H21NO15. The molecule has 0 spiro atoms. The summed E-state index contributed by atoms with van der Waals surface area (Å²) in [5, 5.41) is 123. The van der Waals surface area contributed by atoms with E-state index in [9.17, 15) is 66.1 Å². The molecule has 0 radical (unpaired) electrons. The van der Waals surface area contributed by atoms with Crippen molar-refractivity contribution in [3.05, 3.63) is 5.56 Å². The molecule has 13 N–H and O–H groups in total. The van der Waals surface area contributed by atoms with E-state index < -0.39 is 88.0 Å². The Morgan fingerprint density at radius 1 is 0.812 bits per heavy atom. The first-order chi connectivity index (χ1) is 14.4. The van der Waals surface area contributed by atoms with Crippen LogP contribution in [0.3, 0.4) is 0 Å². The standard InChI is InChI=1S/C16H21NO15/c1-31-9-8(21)6(19)5(12(22)2-4(18)17-3-12)7(20)10(9)32-11-13(23,24)15(27,28)16(29,30)14(11,25)26/h11,19-30H,2-3H2,1H3,(H,17,18). The molecule has 0 bridgehead atoms. The number of rotatable bonds is 4. The predicted octanol–water partition coefficient (Wildman–Crippen LogP) is -6.00. The van der Waals surface area contributed by atoms with Gasteiger partial charge in [-0.25, -0.2) is 0 Å². The van der Waals surface area contributed by atoms with Crippen molar-refractivity contribution in [2.45, 2.75) is 41.3 Å². The number of benzene rings is 1. The quantitative estimate of drug-likeness (QED) is 0.111. The van der Waals surface area contributed by atoms with Crippen LogP contribution in [0.25, 0.3) is 0 Å². The molecule has 32 heavy (non-hydrogen) atoms. The Morgan fingerprint density at radius 3 is 1.72 bits per heavy atom.